The highest BCUT2D eigenvalue weighted by molar-refractivity contribution is 4.87. The molecule has 2 fully saturated rings. The molecule has 0 bridgehead atoms. The maximum Gasteiger partial charge on any atom is 0.0145 e. The Hall–Kier alpha value is -0.0800. The topological polar surface area (TPSA) is 15.3 Å². The van der Waals surface area contributed by atoms with E-state index in [2.05, 4.69) is 17.3 Å². The SMILES string of the molecule is CN1CCC[C@@H]2CNCC[C@@H]21. The molecule has 0 saturated carbocycles. The zero-order chi connectivity index (χ0) is 7.68. The summed E-state index contributed by atoms with van der Waals surface area (Å²) in [6.45, 7) is 3.81. The highest BCUT2D eigenvalue weighted by atomic mass is 15.2. The molecule has 0 radical (unpaired) electrons. The summed E-state index contributed by atoms with van der Waals surface area (Å²) in [5.74, 6) is 0.947. The van der Waals surface area contributed by atoms with Crippen molar-refractivity contribution in [3.63, 3.8) is 0 Å². The summed E-state index contributed by atoms with van der Waals surface area (Å²) in [7, 11) is 2.28. The number of nitrogens with one attached hydrogen (secondary N) is 1. The quantitative estimate of drug-likeness (QED) is 0.552. The average Bonchev–Trinajstić information content (AvgIpc) is 2.06. The number of rotatable bonds is 0. The maximum absolute atomic E-state index is 3.48. The molecule has 2 heteroatoms. The standard InChI is InChI=1S/C9H18N2/c1-11-6-2-3-8-7-10-5-4-9(8)11/h8-10H,2-7H2,1H3/t8-,9+/m1/s1. The van der Waals surface area contributed by atoms with Crippen LogP contribution in [0.1, 0.15) is 19.3 Å². The lowest BCUT2D eigenvalue weighted by Crippen LogP contribution is -2.51. The first-order valence-electron chi connectivity index (χ1n) is 4.79. The Morgan fingerprint density at radius 2 is 2.27 bits per heavy atom. The molecule has 0 unspecified atom stereocenters. The fourth-order valence-electron chi connectivity index (χ4n) is 2.55. The van der Waals surface area contributed by atoms with Gasteiger partial charge in [0.05, 0.1) is 0 Å². The number of fused-ring (bicyclic) bond motifs is 1. The predicted octanol–water partition coefficient (Wildman–Crippen LogP) is 0.690. The molecule has 0 aromatic carbocycles. The molecule has 0 aromatic rings. The van der Waals surface area contributed by atoms with Gasteiger partial charge in [-0.25, -0.2) is 0 Å². The van der Waals surface area contributed by atoms with Gasteiger partial charge in [-0.2, -0.15) is 0 Å². The first kappa shape index (κ1) is 7.56. The molecule has 2 saturated heterocycles. The summed E-state index contributed by atoms with van der Waals surface area (Å²) >= 11 is 0. The van der Waals surface area contributed by atoms with E-state index in [4.69, 9.17) is 0 Å². The van der Waals surface area contributed by atoms with E-state index in [1.54, 1.807) is 0 Å². The monoisotopic (exact) mass is 154 g/mol. The van der Waals surface area contributed by atoms with Crippen LogP contribution in [0, 0.1) is 5.92 Å². The first-order valence-corrected chi connectivity index (χ1v) is 4.79. The van der Waals surface area contributed by atoms with Gasteiger partial charge in [0.25, 0.3) is 0 Å². The fraction of sp³-hybridized carbons (Fsp3) is 1.00. The molecule has 2 heterocycles. The molecule has 2 rings (SSSR count). The summed E-state index contributed by atoms with van der Waals surface area (Å²) in [5.41, 5.74) is 0. The summed E-state index contributed by atoms with van der Waals surface area (Å²) < 4.78 is 0. The minimum Gasteiger partial charge on any atom is -0.316 e. The van der Waals surface area contributed by atoms with E-state index in [0.717, 1.165) is 12.0 Å². The third kappa shape index (κ3) is 1.42. The van der Waals surface area contributed by atoms with Gasteiger partial charge in [-0.05, 0) is 51.9 Å². The molecule has 0 amide bonds. The molecule has 64 valence electrons. The molecule has 1 N–H and O–H groups in total. The van der Waals surface area contributed by atoms with Gasteiger partial charge in [0.1, 0.15) is 0 Å². The highest BCUT2D eigenvalue weighted by Crippen LogP contribution is 2.25. The molecule has 2 atom stereocenters. The number of hydrogen-bond acceptors (Lipinski definition) is 2. The lowest BCUT2D eigenvalue weighted by molar-refractivity contribution is 0.0933. The van der Waals surface area contributed by atoms with Crippen molar-refractivity contribution in [2.24, 2.45) is 5.92 Å². The molecule has 0 aromatic heterocycles. The Kier molecular flexibility index (Phi) is 2.14. The summed E-state index contributed by atoms with van der Waals surface area (Å²) in [5, 5.41) is 3.48. The lowest BCUT2D eigenvalue weighted by atomic mass is 9.85. The van der Waals surface area contributed by atoms with Crippen molar-refractivity contribution in [3.05, 3.63) is 0 Å². The van der Waals surface area contributed by atoms with E-state index in [9.17, 15) is 0 Å². The van der Waals surface area contributed by atoms with Crippen LogP contribution in [0.25, 0.3) is 0 Å². The van der Waals surface area contributed by atoms with Crippen molar-refractivity contribution in [2.75, 3.05) is 26.7 Å². The van der Waals surface area contributed by atoms with Crippen molar-refractivity contribution in [3.8, 4) is 0 Å². The van der Waals surface area contributed by atoms with Gasteiger partial charge in [-0.15, -0.1) is 0 Å². The van der Waals surface area contributed by atoms with Gasteiger partial charge >= 0.3 is 0 Å². The summed E-state index contributed by atoms with van der Waals surface area (Å²) in [6, 6.07) is 0.894. The second-order valence-corrected chi connectivity index (χ2v) is 3.94. The van der Waals surface area contributed by atoms with Crippen molar-refractivity contribution in [1.29, 1.82) is 0 Å². The lowest BCUT2D eigenvalue weighted by Gasteiger charge is -2.42. The van der Waals surface area contributed by atoms with Crippen LogP contribution in [0.3, 0.4) is 0 Å². The van der Waals surface area contributed by atoms with Gasteiger partial charge in [0, 0.05) is 6.04 Å². The fourth-order valence-corrected chi connectivity index (χ4v) is 2.55. The van der Waals surface area contributed by atoms with Gasteiger partial charge in [0.2, 0.25) is 0 Å². The Bertz CT molecular complexity index is 134. The van der Waals surface area contributed by atoms with Gasteiger partial charge in [-0.1, -0.05) is 0 Å². The number of nitrogens with zero attached hydrogens (tertiary/aromatic N) is 1. The maximum atomic E-state index is 3.48. The molecule has 2 nitrogen and oxygen atoms in total. The normalized spacial score (nSPS) is 40.1. The van der Waals surface area contributed by atoms with Crippen LogP contribution < -0.4 is 5.32 Å². The average molecular weight is 154 g/mol. The number of hydrogen-bond donors (Lipinski definition) is 1. The van der Waals surface area contributed by atoms with E-state index in [-0.39, 0.29) is 0 Å². The van der Waals surface area contributed by atoms with Crippen LogP contribution in [0.4, 0.5) is 0 Å². The van der Waals surface area contributed by atoms with E-state index in [1.807, 2.05) is 0 Å². The predicted molar refractivity (Wildman–Crippen MR) is 46.6 cm³/mol. The molecule has 2 aliphatic heterocycles. The highest BCUT2D eigenvalue weighted by Gasteiger charge is 2.30. The van der Waals surface area contributed by atoms with Crippen molar-refractivity contribution >= 4 is 0 Å². The smallest absolute Gasteiger partial charge is 0.0145 e. The van der Waals surface area contributed by atoms with Crippen molar-refractivity contribution in [1.82, 2.24) is 10.2 Å². The van der Waals surface area contributed by atoms with E-state index >= 15 is 0 Å². The zero-order valence-corrected chi connectivity index (χ0v) is 7.34. The molecular weight excluding hydrogens is 136 g/mol. The van der Waals surface area contributed by atoms with E-state index in [1.165, 1.54) is 38.9 Å². The van der Waals surface area contributed by atoms with Crippen LogP contribution in [0.15, 0.2) is 0 Å². The second kappa shape index (κ2) is 3.11. The molecule has 0 spiro atoms. The minimum absolute atomic E-state index is 0.894. The Morgan fingerprint density at radius 1 is 1.36 bits per heavy atom. The van der Waals surface area contributed by atoms with E-state index in [0.29, 0.717) is 0 Å². The van der Waals surface area contributed by atoms with E-state index < -0.39 is 0 Å². The van der Waals surface area contributed by atoms with Gasteiger partial charge in [-0.3, -0.25) is 0 Å². The first-order chi connectivity index (χ1) is 5.38. The Morgan fingerprint density at radius 3 is 3.09 bits per heavy atom. The van der Waals surface area contributed by atoms with Crippen molar-refractivity contribution < 1.29 is 0 Å². The largest absolute Gasteiger partial charge is 0.316 e. The minimum atomic E-state index is 0.894. The number of likely N-dealkylation sites (tertiary alicyclic amines) is 1. The Balaban J connectivity index is 1.99. The number of piperidine rings is 2. The third-order valence-corrected chi connectivity index (χ3v) is 3.22. The van der Waals surface area contributed by atoms with Crippen LogP contribution in [0.5, 0.6) is 0 Å². The summed E-state index contributed by atoms with van der Waals surface area (Å²) in [4.78, 5) is 2.55. The Labute approximate surface area is 69.0 Å². The molecule has 11 heavy (non-hydrogen) atoms. The summed E-state index contributed by atoms with van der Waals surface area (Å²) in [6.07, 6.45) is 4.21. The van der Waals surface area contributed by atoms with Crippen LogP contribution in [0.2, 0.25) is 0 Å². The van der Waals surface area contributed by atoms with Crippen LogP contribution >= 0.6 is 0 Å². The molecule has 0 aliphatic carbocycles. The van der Waals surface area contributed by atoms with Gasteiger partial charge < -0.3 is 10.2 Å². The molecular formula is C9H18N2. The zero-order valence-electron chi connectivity index (χ0n) is 7.34. The van der Waals surface area contributed by atoms with Crippen LogP contribution in [-0.2, 0) is 0 Å². The van der Waals surface area contributed by atoms with Gasteiger partial charge in [0.15, 0.2) is 0 Å². The second-order valence-electron chi connectivity index (χ2n) is 3.94. The third-order valence-electron chi connectivity index (χ3n) is 3.22. The molecule has 2 aliphatic rings. The van der Waals surface area contributed by atoms with Crippen LogP contribution in [-0.4, -0.2) is 37.6 Å². The van der Waals surface area contributed by atoms with Crippen molar-refractivity contribution in [2.45, 2.75) is 25.3 Å².